The summed E-state index contributed by atoms with van der Waals surface area (Å²) in [6, 6.07) is 11.1. The number of rotatable bonds is 5. The maximum Gasteiger partial charge on any atom is 0.225 e. The van der Waals surface area contributed by atoms with Crippen molar-refractivity contribution in [2.45, 2.75) is 19.0 Å². The zero-order valence-electron chi connectivity index (χ0n) is 14.5. The summed E-state index contributed by atoms with van der Waals surface area (Å²) in [6.07, 6.45) is 5.05. The van der Waals surface area contributed by atoms with Gasteiger partial charge in [0, 0.05) is 62.4 Å². The maximum absolute atomic E-state index is 5.37. The Hall–Kier alpha value is -2.18. The lowest BCUT2D eigenvalue weighted by Crippen LogP contribution is -2.37. The summed E-state index contributed by atoms with van der Waals surface area (Å²) in [6.45, 7) is 6.23. The highest BCUT2D eigenvalue weighted by atomic mass is 16.5. The van der Waals surface area contributed by atoms with E-state index in [1.54, 1.807) is 0 Å². The minimum Gasteiger partial charge on any atom is -0.378 e. The van der Waals surface area contributed by atoms with E-state index in [9.17, 15) is 0 Å². The number of anilines is 2. The lowest BCUT2D eigenvalue weighted by molar-refractivity contribution is 0.122. The van der Waals surface area contributed by atoms with Gasteiger partial charge < -0.3 is 19.9 Å². The van der Waals surface area contributed by atoms with E-state index in [1.807, 2.05) is 12.4 Å². The van der Waals surface area contributed by atoms with Crippen LogP contribution in [-0.4, -0.2) is 55.4 Å². The van der Waals surface area contributed by atoms with Gasteiger partial charge in [0.05, 0.1) is 13.2 Å². The monoisotopic (exact) mass is 339 g/mol. The van der Waals surface area contributed by atoms with Gasteiger partial charge in [-0.15, -0.1) is 0 Å². The summed E-state index contributed by atoms with van der Waals surface area (Å²) in [4.78, 5) is 13.7. The number of nitrogens with zero attached hydrogens (tertiary/aromatic N) is 4. The summed E-state index contributed by atoms with van der Waals surface area (Å²) in [5.41, 5.74) is 2.44. The van der Waals surface area contributed by atoms with Gasteiger partial charge in [-0.2, -0.15) is 0 Å². The van der Waals surface area contributed by atoms with Crippen molar-refractivity contribution in [1.82, 2.24) is 15.3 Å². The van der Waals surface area contributed by atoms with E-state index in [0.29, 0.717) is 6.04 Å². The van der Waals surface area contributed by atoms with Crippen LogP contribution in [0.5, 0.6) is 0 Å². The van der Waals surface area contributed by atoms with E-state index in [-0.39, 0.29) is 0 Å². The van der Waals surface area contributed by atoms with Crippen molar-refractivity contribution in [2.75, 3.05) is 49.2 Å². The SMILES string of the molecule is c1ccc(N2CC[C@@H](NCc3cnc(N4CCOCC4)nc3)C2)cc1. The molecular weight excluding hydrogens is 314 g/mol. The first-order valence-corrected chi connectivity index (χ1v) is 9.05. The Labute approximate surface area is 148 Å². The molecule has 1 aromatic carbocycles. The minimum absolute atomic E-state index is 0.513. The molecule has 2 fully saturated rings. The average Bonchev–Trinajstić information content (AvgIpc) is 3.17. The van der Waals surface area contributed by atoms with Crippen molar-refractivity contribution in [2.24, 2.45) is 0 Å². The van der Waals surface area contributed by atoms with Crippen LogP contribution in [0, 0.1) is 0 Å². The molecular formula is C19H25N5O. The fourth-order valence-electron chi connectivity index (χ4n) is 3.43. The predicted molar refractivity (Wildman–Crippen MR) is 99.0 cm³/mol. The Bertz CT molecular complexity index is 657. The molecule has 0 saturated carbocycles. The first kappa shape index (κ1) is 16.3. The van der Waals surface area contributed by atoms with Crippen molar-refractivity contribution in [1.29, 1.82) is 0 Å². The second kappa shape index (κ2) is 7.80. The molecule has 2 aliphatic heterocycles. The van der Waals surface area contributed by atoms with Crippen molar-refractivity contribution in [3.05, 3.63) is 48.3 Å². The zero-order valence-corrected chi connectivity index (χ0v) is 14.5. The molecule has 6 nitrogen and oxygen atoms in total. The van der Waals surface area contributed by atoms with Crippen molar-refractivity contribution in [3.8, 4) is 0 Å². The van der Waals surface area contributed by atoms with Crippen molar-refractivity contribution in [3.63, 3.8) is 0 Å². The van der Waals surface area contributed by atoms with E-state index in [2.05, 4.69) is 55.4 Å². The molecule has 132 valence electrons. The molecule has 0 unspecified atom stereocenters. The first-order valence-electron chi connectivity index (χ1n) is 9.05. The maximum atomic E-state index is 5.37. The van der Waals surface area contributed by atoms with Gasteiger partial charge in [-0.3, -0.25) is 0 Å². The second-order valence-electron chi connectivity index (χ2n) is 6.64. The molecule has 0 bridgehead atoms. The van der Waals surface area contributed by atoms with Crippen LogP contribution in [0.3, 0.4) is 0 Å². The molecule has 25 heavy (non-hydrogen) atoms. The van der Waals surface area contributed by atoms with Gasteiger partial charge in [-0.1, -0.05) is 18.2 Å². The molecule has 4 rings (SSSR count). The molecule has 6 heteroatoms. The standard InChI is InChI=1S/C19H25N5O/c1-2-4-18(5-3-1)24-7-6-17(15-24)20-12-16-13-21-19(22-14-16)23-8-10-25-11-9-23/h1-5,13-14,17,20H,6-12,15H2/t17-/m1/s1. The van der Waals surface area contributed by atoms with Crippen LogP contribution >= 0.6 is 0 Å². The summed E-state index contributed by atoms with van der Waals surface area (Å²) in [7, 11) is 0. The minimum atomic E-state index is 0.513. The molecule has 2 saturated heterocycles. The molecule has 1 N–H and O–H groups in total. The average molecular weight is 339 g/mol. The van der Waals surface area contributed by atoms with Gasteiger partial charge in [-0.25, -0.2) is 9.97 Å². The third kappa shape index (κ3) is 4.08. The Balaban J connectivity index is 1.27. The van der Waals surface area contributed by atoms with Crippen LogP contribution in [-0.2, 0) is 11.3 Å². The molecule has 0 radical (unpaired) electrons. The Morgan fingerprint density at radius 3 is 2.52 bits per heavy atom. The Morgan fingerprint density at radius 1 is 1.00 bits per heavy atom. The number of hydrogen-bond donors (Lipinski definition) is 1. The van der Waals surface area contributed by atoms with Gasteiger partial charge in [0.2, 0.25) is 5.95 Å². The molecule has 1 atom stereocenters. The highest BCUT2D eigenvalue weighted by molar-refractivity contribution is 5.47. The molecule has 1 aromatic heterocycles. The number of benzene rings is 1. The normalized spacial score (nSPS) is 20.9. The smallest absolute Gasteiger partial charge is 0.225 e. The Kier molecular flexibility index (Phi) is 5.09. The zero-order chi connectivity index (χ0) is 16.9. The third-order valence-electron chi connectivity index (χ3n) is 4.89. The number of morpholine rings is 1. The first-order chi connectivity index (χ1) is 12.4. The summed E-state index contributed by atoms with van der Waals surface area (Å²) in [5, 5.41) is 3.64. The van der Waals surface area contributed by atoms with Gasteiger partial charge in [-0.05, 0) is 18.6 Å². The van der Waals surface area contributed by atoms with Gasteiger partial charge in [0.1, 0.15) is 0 Å². The lowest BCUT2D eigenvalue weighted by atomic mass is 10.2. The molecule has 3 heterocycles. The van der Waals surface area contributed by atoms with Crippen molar-refractivity contribution < 1.29 is 4.74 Å². The highest BCUT2D eigenvalue weighted by Crippen LogP contribution is 2.20. The molecule has 0 aliphatic carbocycles. The Morgan fingerprint density at radius 2 is 1.76 bits per heavy atom. The fraction of sp³-hybridized carbons (Fsp3) is 0.474. The van der Waals surface area contributed by atoms with Gasteiger partial charge in [0.25, 0.3) is 0 Å². The summed E-state index contributed by atoms with van der Waals surface area (Å²) < 4.78 is 5.37. The fourth-order valence-corrected chi connectivity index (χ4v) is 3.43. The van der Waals surface area contributed by atoms with Gasteiger partial charge in [0.15, 0.2) is 0 Å². The third-order valence-corrected chi connectivity index (χ3v) is 4.89. The van der Waals surface area contributed by atoms with Crippen LogP contribution in [0.15, 0.2) is 42.7 Å². The highest BCUT2D eigenvalue weighted by Gasteiger charge is 2.22. The largest absolute Gasteiger partial charge is 0.378 e. The molecule has 0 amide bonds. The van der Waals surface area contributed by atoms with Crippen molar-refractivity contribution >= 4 is 11.6 Å². The van der Waals surface area contributed by atoms with E-state index < -0.39 is 0 Å². The summed E-state index contributed by atoms with van der Waals surface area (Å²) >= 11 is 0. The van der Waals surface area contributed by atoms with Gasteiger partial charge >= 0.3 is 0 Å². The lowest BCUT2D eigenvalue weighted by Gasteiger charge is -2.26. The van der Waals surface area contributed by atoms with Crippen LogP contribution in [0.4, 0.5) is 11.6 Å². The number of ether oxygens (including phenoxy) is 1. The quantitative estimate of drug-likeness (QED) is 0.895. The number of para-hydroxylation sites is 1. The predicted octanol–water partition coefficient (Wildman–Crippen LogP) is 1.68. The van der Waals surface area contributed by atoms with Crippen LogP contribution in [0.1, 0.15) is 12.0 Å². The second-order valence-corrected chi connectivity index (χ2v) is 6.64. The van der Waals surface area contributed by atoms with E-state index in [1.165, 1.54) is 12.1 Å². The van der Waals surface area contributed by atoms with E-state index in [4.69, 9.17) is 4.74 Å². The van der Waals surface area contributed by atoms with Crippen LogP contribution < -0.4 is 15.1 Å². The van der Waals surface area contributed by atoms with Crippen LogP contribution in [0.2, 0.25) is 0 Å². The molecule has 0 spiro atoms. The van der Waals surface area contributed by atoms with E-state index in [0.717, 1.165) is 57.4 Å². The number of nitrogens with one attached hydrogen (secondary N) is 1. The number of aromatic nitrogens is 2. The topological polar surface area (TPSA) is 53.5 Å². The van der Waals surface area contributed by atoms with Crippen LogP contribution in [0.25, 0.3) is 0 Å². The molecule has 2 aromatic rings. The number of hydrogen-bond acceptors (Lipinski definition) is 6. The molecule has 2 aliphatic rings. The summed E-state index contributed by atoms with van der Waals surface area (Å²) in [5.74, 6) is 0.808. The van der Waals surface area contributed by atoms with E-state index >= 15 is 0 Å².